The first-order chi connectivity index (χ1) is 13.2. The van der Waals surface area contributed by atoms with Gasteiger partial charge in [0.2, 0.25) is 11.8 Å². The lowest BCUT2D eigenvalue weighted by Gasteiger charge is -2.27. The summed E-state index contributed by atoms with van der Waals surface area (Å²) < 4.78 is 7.34. The van der Waals surface area contributed by atoms with E-state index in [4.69, 9.17) is 4.74 Å². The van der Waals surface area contributed by atoms with Crippen molar-refractivity contribution in [1.82, 2.24) is 14.4 Å². The number of nitrogens with zero attached hydrogens (tertiary/aromatic N) is 3. The Morgan fingerprint density at radius 3 is 2.44 bits per heavy atom. The number of morpholine rings is 1. The molecule has 0 unspecified atom stereocenters. The second kappa shape index (κ2) is 8.35. The molecule has 144 valence electrons. The summed E-state index contributed by atoms with van der Waals surface area (Å²) in [7, 11) is 0. The Hall–Kier alpha value is -1.99. The molecule has 1 aromatic carbocycles. The molecule has 0 N–H and O–H groups in total. The van der Waals surface area contributed by atoms with E-state index in [9.17, 15) is 9.59 Å². The maximum absolute atomic E-state index is 12.6. The van der Waals surface area contributed by atoms with Crippen LogP contribution in [0.2, 0.25) is 0 Å². The molecule has 7 heteroatoms. The topological polar surface area (TPSA) is 54.8 Å². The summed E-state index contributed by atoms with van der Waals surface area (Å²) in [6.07, 6.45) is 4.24. The molecule has 0 aliphatic carbocycles. The van der Waals surface area contributed by atoms with Crippen LogP contribution in [0, 0.1) is 0 Å². The minimum absolute atomic E-state index is 0.115. The van der Waals surface area contributed by atoms with Gasteiger partial charge >= 0.3 is 0 Å². The van der Waals surface area contributed by atoms with Crippen LogP contribution in [0.4, 0.5) is 0 Å². The van der Waals surface area contributed by atoms with Crippen LogP contribution in [-0.2, 0) is 20.9 Å². The molecule has 6 nitrogen and oxygen atoms in total. The Balaban J connectivity index is 1.48. The van der Waals surface area contributed by atoms with Crippen molar-refractivity contribution in [3.8, 4) is 0 Å². The first kappa shape index (κ1) is 18.4. The van der Waals surface area contributed by atoms with Gasteiger partial charge in [0.1, 0.15) is 6.54 Å². The molecule has 0 saturated carbocycles. The van der Waals surface area contributed by atoms with E-state index in [1.165, 1.54) is 0 Å². The number of hydrogen-bond acceptors (Lipinski definition) is 4. The molecule has 2 fully saturated rings. The van der Waals surface area contributed by atoms with Gasteiger partial charge in [-0.25, -0.2) is 0 Å². The summed E-state index contributed by atoms with van der Waals surface area (Å²) in [5.74, 6) is 0.772. The van der Waals surface area contributed by atoms with Gasteiger partial charge in [0.05, 0.1) is 19.0 Å². The Kier molecular flexibility index (Phi) is 5.69. The number of carbonyl (C=O) groups is 2. The highest BCUT2D eigenvalue weighted by Crippen LogP contribution is 2.30. The summed E-state index contributed by atoms with van der Waals surface area (Å²) >= 11 is 1.57. The molecule has 2 amide bonds. The van der Waals surface area contributed by atoms with Crippen LogP contribution < -0.4 is 0 Å². The molecule has 3 heterocycles. The highest BCUT2D eigenvalue weighted by Gasteiger charge is 2.21. The molecular formula is C20H25N3O3S. The average molecular weight is 388 g/mol. The van der Waals surface area contributed by atoms with E-state index < -0.39 is 0 Å². The standard InChI is InChI=1S/C20H25N3O3S/c24-19(22-9-11-26-12-10-22)14-23-13-18(16-5-1-2-6-17(16)23)27-15-20(25)21-7-3-4-8-21/h1-2,5-6,13H,3-4,7-12,14-15H2. The van der Waals surface area contributed by atoms with E-state index in [1.807, 2.05) is 38.8 Å². The summed E-state index contributed by atoms with van der Waals surface area (Å²) in [5, 5.41) is 1.10. The Morgan fingerprint density at radius 2 is 1.67 bits per heavy atom. The molecule has 2 saturated heterocycles. The Bertz CT molecular complexity index is 823. The van der Waals surface area contributed by atoms with Crippen molar-refractivity contribution in [2.75, 3.05) is 45.1 Å². The van der Waals surface area contributed by atoms with Gasteiger partial charge in [-0.05, 0) is 18.9 Å². The molecule has 0 bridgehead atoms. The average Bonchev–Trinajstić information content (AvgIpc) is 3.36. The van der Waals surface area contributed by atoms with Crippen molar-refractivity contribution in [1.29, 1.82) is 0 Å². The van der Waals surface area contributed by atoms with Gasteiger partial charge in [-0.3, -0.25) is 9.59 Å². The zero-order chi connectivity index (χ0) is 18.6. The normalized spacial score (nSPS) is 17.6. The minimum Gasteiger partial charge on any atom is -0.378 e. The fraction of sp³-hybridized carbons (Fsp3) is 0.500. The predicted molar refractivity (Wildman–Crippen MR) is 106 cm³/mol. The SMILES string of the molecule is O=C(CSc1cn(CC(=O)N2CCOCC2)c2ccccc12)N1CCCC1. The monoisotopic (exact) mass is 387 g/mol. The molecule has 0 spiro atoms. The number of likely N-dealkylation sites (tertiary alicyclic amines) is 1. The number of thioether (sulfide) groups is 1. The molecule has 2 aromatic rings. The van der Waals surface area contributed by atoms with E-state index in [0.29, 0.717) is 38.6 Å². The number of ether oxygens (including phenoxy) is 1. The lowest BCUT2D eigenvalue weighted by molar-refractivity contribution is -0.135. The second-order valence-electron chi connectivity index (χ2n) is 7.01. The number of rotatable bonds is 5. The molecule has 27 heavy (non-hydrogen) atoms. The predicted octanol–water partition coefficient (Wildman–Crippen LogP) is 2.21. The quantitative estimate of drug-likeness (QED) is 0.738. The number of para-hydroxylation sites is 1. The van der Waals surface area contributed by atoms with E-state index in [1.54, 1.807) is 11.8 Å². The van der Waals surface area contributed by atoms with E-state index in [0.717, 1.165) is 41.7 Å². The van der Waals surface area contributed by atoms with Gasteiger partial charge in [0, 0.05) is 48.2 Å². The van der Waals surface area contributed by atoms with Gasteiger partial charge in [-0.2, -0.15) is 0 Å². The van der Waals surface area contributed by atoms with E-state index in [2.05, 4.69) is 6.07 Å². The number of carbonyl (C=O) groups excluding carboxylic acids is 2. The Labute approximate surface area is 163 Å². The summed E-state index contributed by atoms with van der Waals surface area (Å²) in [4.78, 5) is 29.9. The number of amides is 2. The van der Waals surface area contributed by atoms with Gasteiger partial charge in [-0.15, -0.1) is 11.8 Å². The third-order valence-electron chi connectivity index (χ3n) is 5.23. The summed E-state index contributed by atoms with van der Waals surface area (Å²) in [6.45, 7) is 4.62. The molecule has 0 atom stereocenters. The second-order valence-corrected chi connectivity index (χ2v) is 8.03. The van der Waals surface area contributed by atoms with Crippen molar-refractivity contribution < 1.29 is 14.3 Å². The molecule has 1 aromatic heterocycles. The van der Waals surface area contributed by atoms with Crippen molar-refractivity contribution >= 4 is 34.5 Å². The highest BCUT2D eigenvalue weighted by atomic mass is 32.2. The minimum atomic E-state index is 0.115. The third-order valence-corrected chi connectivity index (χ3v) is 6.26. The van der Waals surface area contributed by atoms with Crippen LogP contribution in [0.5, 0.6) is 0 Å². The van der Waals surface area contributed by atoms with Gasteiger partial charge in [0.25, 0.3) is 0 Å². The zero-order valence-corrected chi connectivity index (χ0v) is 16.2. The van der Waals surface area contributed by atoms with Gasteiger partial charge < -0.3 is 19.1 Å². The maximum Gasteiger partial charge on any atom is 0.242 e. The molecular weight excluding hydrogens is 362 g/mol. The van der Waals surface area contributed by atoms with E-state index >= 15 is 0 Å². The highest BCUT2D eigenvalue weighted by molar-refractivity contribution is 8.00. The fourth-order valence-electron chi connectivity index (χ4n) is 3.71. The number of hydrogen-bond donors (Lipinski definition) is 0. The maximum atomic E-state index is 12.6. The van der Waals surface area contributed by atoms with E-state index in [-0.39, 0.29) is 11.8 Å². The van der Waals surface area contributed by atoms with Crippen LogP contribution in [0.25, 0.3) is 10.9 Å². The Morgan fingerprint density at radius 1 is 0.963 bits per heavy atom. The van der Waals surface area contributed by atoms with Crippen LogP contribution in [-0.4, -0.2) is 71.3 Å². The van der Waals surface area contributed by atoms with Crippen LogP contribution in [0.15, 0.2) is 35.4 Å². The first-order valence-corrected chi connectivity index (χ1v) is 10.5. The van der Waals surface area contributed by atoms with Crippen molar-refractivity contribution in [3.05, 3.63) is 30.5 Å². The largest absolute Gasteiger partial charge is 0.378 e. The van der Waals surface area contributed by atoms with Crippen molar-refractivity contribution in [2.45, 2.75) is 24.3 Å². The number of fused-ring (bicyclic) bond motifs is 1. The smallest absolute Gasteiger partial charge is 0.242 e. The summed E-state index contributed by atoms with van der Waals surface area (Å²) in [5.41, 5.74) is 1.04. The molecule has 2 aliphatic rings. The molecule has 4 rings (SSSR count). The lowest BCUT2D eigenvalue weighted by Crippen LogP contribution is -2.42. The van der Waals surface area contributed by atoms with Gasteiger partial charge in [0.15, 0.2) is 0 Å². The molecule has 0 radical (unpaired) electrons. The first-order valence-electron chi connectivity index (χ1n) is 9.56. The number of benzene rings is 1. The summed E-state index contributed by atoms with van der Waals surface area (Å²) in [6, 6.07) is 8.09. The van der Waals surface area contributed by atoms with Crippen molar-refractivity contribution in [3.63, 3.8) is 0 Å². The molecule has 2 aliphatic heterocycles. The van der Waals surface area contributed by atoms with Gasteiger partial charge in [-0.1, -0.05) is 18.2 Å². The van der Waals surface area contributed by atoms with Crippen LogP contribution >= 0.6 is 11.8 Å². The van der Waals surface area contributed by atoms with Crippen LogP contribution in [0.3, 0.4) is 0 Å². The lowest BCUT2D eigenvalue weighted by atomic mass is 10.2. The van der Waals surface area contributed by atoms with Crippen LogP contribution in [0.1, 0.15) is 12.8 Å². The number of aromatic nitrogens is 1. The fourth-order valence-corrected chi connectivity index (χ4v) is 4.71. The third kappa shape index (κ3) is 4.14. The zero-order valence-electron chi connectivity index (χ0n) is 15.4. The van der Waals surface area contributed by atoms with Crippen molar-refractivity contribution in [2.24, 2.45) is 0 Å².